The maximum absolute atomic E-state index is 12.6. The van der Waals surface area contributed by atoms with Crippen LogP contribution >= 0.6 is 0 Å². The van der Waals surface area contributed by atoms with Gasteiger partial charge in [-0.1, -0.05) is 36.4 Å². The zero-order valence-corrected chi connectivity index (χ0v) is 17.7. The fourth-order valence-corrected chi connectivity index (χ4v) is 4.36. The Labute approximate surface area is 175 Å². The Bertz CT molecular complexity index is 1310. The van der Waals surface area contributed by atoms with Crippen molar-refractivity contribution in [3.63, 3.8) is 0 Å². The van der Waals surface area contributed by atoms with Crippen LogP contribution < -0.4 is 0 Å². The summed E-state index contributed by atoms with van der Waals surface area (Å²) in [7, 11) is -3.30. The third-order valence-electron chi connectivity index (χ3n) is 5.12. The minimum Gasteiger partial charge on any atom is -0.451 e. The third kappa shape index (κ3) is 3.66. The molecule has 5 nitrogen and oxygen atoms in total. The molecule has 2 aromatic carbocycles. The summed E-state index contributed by atoms with van der Waals surface area (Å²) in [5, 5.41) is 2.05. The van der Waals surface area contributed by atoms with Crippen molar-refractivity contribution >= 4 is 38.2 Å². The van der Waals surface area contributed by atoms with Gasteiger partial charge in [0.2, 0.25) is 0 Å². The largest absolute Gasteiger partial charge is 0.451 e. The molecular formula is C24H21NO4S. The molecule has 0 amide bonds. The Balaban J connectivity index is 1.82. The highest BCUT2D eigenvalue weighted by Crippen LogP contribution is 2.40. The monoisotopic (exact) mass is 419 g/mol. The number of fused-ring (bicyclic) bond motifs is 1. The Kier molecular flexibility index (Phi) is 4.82. The van der Waals surface area contributed by atoms with Crippen LogP contribution in [0.3, 0.4) is 0 Å². The van der Waals surface area contributed by atoms with Crippen molar-refractivity contribution in [2.75, 3.05) is 6.26 Å². The van der Waals surface area contributed by atoms with E-state index in [1.54, 1.807) is 36.5 Å². The molecule has 0 unspecified atom stereocenters. The number of hydrogen-bond donors (Lipinski definition) is 0. The van der Waals surface area contributed by atoms with Crippen molar-refractivity contribution in [2.24, 2.45) is 0 Å². The van der Waals surface area contributed by atoms with Crippen molar-refractivity contribution in [3.8, 4) is 0 Å². The van der Waals surface area contributed by atoms with Crippen molar-refractivity contribution in [3.05, 3.63) is 83.7 Å². The lowest BCUT2D eigenvalue weighted by Gasteiger charge is -2.21. The highest BCUT2D eigenvalue weighted by molar-refractivity contribution is 7.90. The second kappa shape index (κ2) is 7.22. The van der Waals surface area contributed by atoms with E-state index in [0.717, 1.165) is 22.0 Å². The summed E-state index contributed by atoms with van der Waals surface area (Å²) in [5.41, 5.74) is 1.80. The van der Waals surface area contributed by atoms with E-state index < -0.39 is 21.4 Å². The quantitative estimate of drug-likeness (QED) is 0.585. The molecule has 2 heterocycles. The molecule has 0 radical (unpaired) electrons. The second-order valence-electron chi connectivity index (χ2n) is 7.74. The van der Waals surface area contributed by atoms with Crippen molar-refractivity contribution < 1.29 is 17.9 Å². The first-order valence-corrected chi connectivity index (χ1v) is 11.4. The number of carbonyl (C=O) groups excluding carboxylic acids is 1. The van der Waals surface area contributed by atoms with Crippen LogP contribution in [0.5, 0.6) is 0 Å². The average Bonchev–Trinajstić information content (AvgIpc) is 2.93. The molecule has 1 aliphatic rings. The Morgan fingerprint density at radius 1 is 0.967 bits per heavy atom. The lowest BCUT2D eigenvalue weighted by atomic mass is 9.89. The number of cyclic esters (lactones) is 1. The normalized spacial score (nSPS) is 16.4. The third-order valence-corrected chi connectivity index (χ3v) is 6.25. The summed E-state index contributed by atoms with van der Waals surface area (Å²) >= 11 is 0. The van der Waals surface area contributed by atoms with Crippen LogP contribution in [-0.4, -0.2) is 31.2 Å². The maximum atomic E-state index is 12.6. The molecule has 1 aliphatic heterocycles. The fourth-order valence-electron chi connectivity index (χ4n) is 3.73. The van der Waals surface area contributed by atoms with E-state index in [2.05, 4.69) is 4.98 Å². The minimum atomic E-state index is -3.30. The van der Waals surface area contributed by atoms with Gasteiger partial charge in [0.15, 0.2) is 9.84 Å². The number of esters is 1. The smallest absolute Gasteiger partial charge is 0.339 e. The zero-order chi connectivity index (χ0) is 21.5. The summed E-state index contributed by atoms with van der Waals surface area (Å²) in [6, 6.07) is 16.4. The molecular weight excluding hydrogens is 398 g/mol. The van der Waals surface area contributed by atoms with Crippen LogP contribution in [0, 0.1) is 0 Å². The predicted octanol–water partition coefficient (Wildman–Crippen LogP) is 4.44. The van der Waals surface area contributed by atoms with Crippen LogP contribution in [0.2, 0.25) is 0 Å². The van der Waals surface area contributed by atoms with Crippen LogP contribution in [0.4, 0.5) is 0 Å². The number of hydrogen-bond acceptors (Lipinski definition) is 5. The van der Waals surface area contributed by atoms with Gasteiger partial charge in [-0.05, 0) is 55.1 Å². The molecule has 1 aromatic heterocycles. The van der Waals surface area contributed by atoms with E-state index in [1.807, 2.05) is 50.3 Å². The molecule has 0 saturated heterocycles. The van der Waals surface area contributed by atoms with E-state index in [4.69, 9.17) is 4.74 Å². The van der Waals surface area contributed by atoms with Gasteiger partial charge in [0.05, 0.1) is 16.2 Å². The fraction of sp³-hybridized carbons (Fsp3) is 0.167. The number of rotatable bonds is 4. The number of aromatic nitrogens is 1. The second-order valence-corrected chi connectivity index (χ2v) is 9.75. The van der Waals surface area contributed by atoms with Crippen LogP contribution in [0.15, 0.2) is 77.3 Å². The molecule has 0 saturated carbocycles. The Morgan fingerprint density at radius 3 is 2.37 bits per heavy atom. The number of benzene rings is 2. The van der Waals surface area contributed by atoms with Crippen molar-refractivity contribution in [1.29, 1.82) is 0 Å². The number of sulfone groups is 1. The molecule has 0 atom stereocenters. The van der Waals surface area contributed by atoms with E-state index in [9.17, 15) is 13.2 Å². The Hall–Kier alpha value is -3.25. The van der Waals surface area contributed by atoms with Gasteiger partial charge in [-0.3, -0.25) is 4.98 Å². The van der Waals surface area contributed by atoms with E-state index in [0.29, 0.717) is 11.1 Å². The van der Waals surface area contributed by atoms with Gasteiger partial charge in [0.1, 0.15) is 5.60 Å². The molecule has 152 valence electrons. The maximum Gasteiger partial charge on any atom is 0.339 e. The first-order chi connectivity index (χ1) is 14.2. The molecule has 4 rings (SSSR count). The Morgan fingerprint density at radius 2 is 1.67 bits per heavy atom. The molecule has 0 spiro atoms. The van der Waals surface area contributed by atoms with Gasteiger partial charge in [-0.15, -0.1) is 0 Å². The lowest BCUT2D eigenvalue weighted by molar-refractivity contribution is -0.143. The number of nitrogens with zero attached hydrogens (tertiary/aromatic N) is 1. The highest BCUT2D eigenvalue weighted by Gasteiger charge is 2.40. The minimum absolute atomic E-state index is 0.229. The molecule has 0 bridgehead atoms. The average molecular weight is 420 g/mol. The number of pyridine rings is 1. The first-order valence-electron chi connectivity index (χ1n) is 9.47. The summed E-state index contributed by atoms with van der Waals surface area (Å²) < 4.78 is 29.1. The zero-order valence-electron chi connectivity index (χ0n) is 16.9. The summed E-state index contributed by atoms with van der Waals surface area (Å²) in [4.78, 5) is 17.3. The molecule has 0 N–H and O–H groups in total. The van der Waals surface area contributed by atoms with Gasteiger partial charge in [0.25, 0.3) is 0 Å². The summed E-state index contributed by atoms with van der Waals surface area (Å²) in [5.74, 6) is -0.418. The predicted molar refractivity (Wildman–Crippen MR) is 117 cm³/mol. The van der Waals surface area contributed by atoms with Gasteiger partial charge >= 0.3 is 5.97 Å². The SMILES string of the molecule is CC1(C)OC(=O)C(/C=C/c2nccc3ccccc23)=C1c1ccc(S(C)(=O)=O)cc1. The molecule has 6 heteroatoms. The number of ether oxygens (including phenoxy) is 1. The molecule has 0 aliphatic carbocycles. The highest BCUT2D eigenvalue weighted by atomic mass is 32.2. The summed E-state index contributed by atoms with van der Waals surface area (Å²) in [6.45, 7) is 3.64. The van der Waals surface area contributed by atoms with Gasteiger partial charge < -0.3 is 4.74 Å². The van der Waals surface area contributed by atoms with Gasteiger partial charge in [0, 0.05) is 23.4 Å². The van der Waals surface area contributed by atoms with Crippen LogP contribution in [-0.2, 0) is 19.4 Å². The lowest BCUT2D eigenvalue weighted by Crippen LogP contribution is -2.22. The van der Waals surface area contributed by atoms with Crippen LogP contribution in [0.1, 0.15) is 25.1 Å². The van der Waals surface area contributed by atoms with Crippen LogP contribution in [0.25, 0.3) is 22.4 Å². The first kappa shape index (κ1) is 20.0. The van der Waals surface area contributed by atoms with E-state index in [1.165, 1.54) is 6.26 Å². The number of carbonyl (C=O) groups is 1. The van der Waals surface area contributed by atoms with E-state index >= 15 is 0 Å². The van der Waals surface area contributed by atoms with E-state index in [-0.39, 0.29) is 4.90 Å². The van der Waals surface area contributed by atoms with Gasteiger partial charge in [-0.2, -0.15) is 0 Å². The molecule has 0 fully saturated rings. The van der Waals surface area contributed by atoms with Crippen molar-refractivity contribution in [1.82, 2.24) is 4.98 Å². The summed E-state index contributed by atoms with van der Waals surface area (Å²) in [6.07, 6.45) is 6.44. The standard InChI is InChI=1S/C24H21NO4S/c1-24(2)22(17-8-10-18(11-9-17)30(3,27)28)20(23(26)29-24)12-13-21-19-7-5-4-6-16(19)14-15-25-21/h4-15H,1-3H3/b13-12+. The van der Waals surface area contributed by atoms with Gasteiger partial charge in [-0.25, -0.2) is 13.2 Å². The van der Waals surface area contributed by atoms with Crippen molar-refractivity contribution in [2.45, 2.75) is 24.3 Å². The molecule has 3 aromatic rings. The molecule has 30 heavy (non-hydrogen) atoms. The topological polar surface area (TPSA) is 73.3 Å².